The summed E-state index contributed by atoms with van der Waals surface area (Å²) in [7, 11) is 1.72. The van der Waals surface area contributed by atoms with Gasteiger partial charge in [0, 0.05) is 39.3 Å². The van der Waals surface area contributed by atoms with Crippen molar-refractivity contribution < 1.29 is 9.53 Å². The topological polar surface area (TPSA) is 44.8 Å². The summed E-state index contributed by atoms with van der Waals surface area (Å²) >= 11 is 0. The maximum Gasteiger partial charge on any atom is 0.231 e. The van der Waals surface area contributed by atoms with Crippen molar-refractivity contribution in [2.75, 3.05) is 53.0 Å². The van der Waals surface area contributed by atoms with Crippen LogP contribution in [0.3, 0.4) is 0 Å². The first-order valence-corrected chi connectivity index (χ1v) is 8.98. The number of piperazine rings is 1. The van der Waals surface area contributed by atoms with Crippen LogP contribution < -0.4 is 5.32 Å². The van der Waals surface area contributed by atoms with E-state index in [0.717, 1.165) is 58.2 Å². The molecule has 0 aromatic rings. The molecule has 1 saturated carbocycles. The van der Waals surface area contributed by atoms with E-state index in [1.807, 2.05) is 0 Å². The highest BCUT2D eigenvalue weighted by Gasteiger charge is 2.43. The molecular weight excluding hydrogens is 278 g/mol. The van der Waals surface area contributed by atoms with Gasteiger partial charge in [0.1, 0.15) is 0 Å². The van der Waals surface area contributed by atoms with E-state index in [0.29, 0.717) is 12.5 Å². The first-order valence-electron chi connectivity index (χ1n) is 8.98. The standard InChI is InChI=1S/C17H31N3O2/c1-22-14-17(6-8-18-9-7-17)16(21)20-12-10-19(11-13-20)15-4-2-3-5-15/h15,18H,2-14H2,1H3. The molecule has 1 aliphatic carbocycles. The molecule has 2 heterocycles. The number of hydrogen-bond donors (Lipinski definition) is 1. The van der Waals surface area contributed by atoms with Crippen molar-refractivity contribution in [2.45, 2.75) is 44.6 Å². The van der Waals surface area contributed by atoms with Crippen LogP contribution >= 0.6 is 0 Å². The molecule has 1 N–H and O–H groups in total. The second-order valence-corrected chi connectivity index (χ2v) is 7.23. The van der Waals surface area contributed by atoms with Gasteiger partial charge in [-0.3, -0.25) is 9.69 Å². The predicted octanol–water partition coefficient (Wildman–Crippen LogP) is 1.09. The Kier molecular flexibility index (Phi) is 5.37. The molecule has 5 heteroatoms. The summed E-state index contributed by atoms with van der Waals surface area (Å²) in [4.78, 5) is 17.8. The molecule has 5 nitrogen and oxygen atoms in total. The average molecular weight is 309 g/mol. The first-order chi connectivity index (χ1) is 10.7. The lowest BCUT2D eigenvalue weighted by Crippen LogP contribution is -2.57. The monoisotopic (exact) mass is 309 g/mol. The Balaban J connectivity index is 1.57. The molecule has 2 aliphatic heterocycles. The fourth-order valence-electron chi connectivity index (χ4n) is 4.50. The fraction of sp³-hybridized carbons (Fsp3) is 0.941. The Bertz CT molecular complexity index is 363. The third-order valence-corrected chi connectivity index (χ3v) is 5.88. The van der Waals surface area contributed by atoms with Crippen LogP contribution in [-0.4, -0.2) is 74.7 Å². The minimum absolute atomic E-state index is 0.282. The van der Waals surface area contributed by atoms with Crippen LogP contribution in [0.4, 0.5) is 0 Å². The zero-order chi connectivity index (χ0) is 15.4. The fourth-order valence-corrected chi connectivity index (χ4v) is 4.50. The summed E-state index contributed by atoms with van der Waals surface area (Å²) in [5.74, 6) is 0.335. The summed E-state index contributed by atoms with van der Waals surface area (Å²) in [6.07, 6.45) is 7.28. The highest BCUT2D eigenvalue weighted by molar-refractivity contribution is 5.83. The summed E-state index contributed by atoms with van der Waals surface area (Å²) in [5.41, 5.74) is -0.282. The zero-order valence-electron chi connectivity index (χ0n) is 14.0. The van der Waals surface area contributed by atoms with Crippen LogP contribution in [0.15, 0.2) is 0 Å². The number of nitrogens with zero attached hydrogens (tertiary/aromatic N) is 2. The third-order valence-electron chi connectivity index (χ3n) is 5.88. The minimum Gasteiger partial charge on any atom is -0.384 e. The van der Waals surface area contributed by atoms with Crippen LogP contribution in [-0.2, 0) is 9.53 Å². The van der Waals surface area contributed by atoms with E-state index in [1.54, 1.807) is 7.11 Å². The van der Waals surface area contributed by atoms with Crippen molar-refractivity contribution in [2.24, 2.45) is 5.41 Å². The normalized spacial score (nSPS) is 27.2. The SMILES string of the molecule is COCC1(C(=O)N2CCN(C3CCCC3)CC2)CCNCC1. The number of amides is 1. The van der Waals surface area contributed by atoms with Crippen molar-refractivity contribution >= 4 is 5.91 Å². The molecule has 0 aromatic heterocycles. The number of nitrogens with one attached hydrogen (secondary N) is 1. The largest absolute Gasteiger partial charge is 0.384 e. The second kappa shape index (κ2) is 7.28. The van der Waals surface area contributed by atoms with Crippen LogP contribution in [0.1, 0.15) is 38.5 Å². The van der Waals surface area contributed by atoms with Crippen molar-refractivity contribution in [1.29, 1.82) is 0 Å². The van der Waals surface area contributed by atoms with Crippen molar-refractivity contribution in [3.05, 3.63) is 0 Å². The highest BCUT2D eigenvalue weighted by atomic mass is 16.5. The maximum absolute atomic E-state index is 13.1. The van der Waals surface area contributed by atoms with Gasteiger partial charge in [-0.1, -0.05) is 12.8 Å². The van der Waals surface area contributed by atoms with Gasteiger partial charge in [-0.2, -0.15) is 0 Å². The summed E-state index contributed by atoms with van der Waals surface area (Å²) < 4.78 is 5.41. The Morgan fingerprint density at radius 3 is 2.36 bits per heavy atom. The molecule has 3 fully saturated rings. The molecule has 3 rings (SSSR count). The van der Waals surface area contributed by atoms with Gasteiger partial charge in [0.15, 0.2) is 0 Å². The van der Waals surface area contributed by atoms with Gasteiger partial charge in [0.05, 0.1) is 12.0 Å². The molecule has 3 aliphatic rings. The lowest BCUT2D eigenvalue weighted by Gasteiger charge is -2.43. The maximum atomic E-state index is 13.1. The van der Waals surface area contributed by atoms with Crippen LogP contribution in [0, 0.1) is 5.41 Å². The van der Waals surface area contributed by atoms with Crippen LogP contribution in [0.2, 0.25) is 0 Å². The van der Waals surface area contributed by atoms with Crippen molar-refractivity contribution in [3.8, 4) is 0 Å². The summed E-state index contributed by atoms with van der Waals surface area (Å²) in [6, 6.07) is 0.782. The Morgan fingerprint density at radius 2 is 1.77 bits per heavy atom. The van der Waals surface area contributed by atoms with Gasteiger partial charge in [0.25, 0.3) is 0 Å². The smallest absolute Gasteiger partial charge is 0.231 e. The summed E-state index contributed by atoms with van der Waals surface area (Å²) in [5, 5.41) is 3.37. The van der Waals surface area contributed by atoms with E-state index in [4.69, 9.17) is 4.74 Å². The number of rotatable bonds is 4. The Hall–Kier alpha value is -0.650. The number of ether oxygens (including phenoxy) is 1. The van der Waals surface area contributed by atoms with E-state index in [9.17, 15) is 4.79 Å². The average Bonchev–Trinajstić information content (AvgIpc) is 3.10. The van der Waals surface area contributed by atoms with E-state index in [2.05, 4.69) is 15.1 Å². The molecule has 2 saturated heterocycles. The highest BCUT2D eigenvalue weighted by Crippen LogP contribution is 2.32. The minimum atomic E-state index is -0.282. The van der Waals surface area contributed by atoms with E-state index in [-0.39, 0.29) is 5.41 Å². The Labute approximate surface area is 134 Å². The lowest BCUT2D eigenvalue weighted by molar-refractivity contribution is -0.149. The summed E-state index contributed by atoms with van der Waals surface area (Å²) in [6.45, 7) is 6.32. The molecule has 0 spiro atoms. The zero-order valence-corrected chi connectivity index (χ0v) is 14.0. The number of methoxy groups -OCH3 is 1. The number of carbonyl (C=O) groups excluding carboxylic acids is 1. The molecule has 1 amide bonds. The molecule has 126 valence electrons. The molecule has 0 aromatic carbocycles. The molecule has 0 bridgehead atoms. The third kappa shape index (κ3) is 3.31. The number of piperidine rings is 1. The van der Waals surface area contributed by atoms with Crippen molar-refractivity contribution in [3.63, 3.8) is 0 Å². The Morgan fingerprint density at radius 1 is 1.14 bits per heavy atom. The van der Waals surface area contributed by atoms with E-state index in [1.165, 1.54) is 25.7 Å². The lowest BCUT2D eigenvalue weighted by atomic mass is 9.78. The van der Waals surface area contributed by atoms with Gasteiger partial charge in [0.2, 0.25) is 5.91 Å². The molecule has 22 heavy (non-hydrogen) atoms. The predicted molar refractivity (Wildman–Crippen MR) is 86.8 cm³/mol. The van der Waals surface area contributed by atoms with Gasteiger partial charge in [-0.05, 0) is 38.8 Å². The molecule has 0 atom stereocenters. The second-order valence-electron chi connectivity index (χ2n) is 7.23. The van der Waals surface area contributed by atoms with Gasteiger partial charge in [-0.15, -0.1) is 0 Å². The molecular formula is C17H31N3O2. The van der Waals surface area contributed by atoms with E-state index >= 15 is 0 Å². The van der Waals surface area contributed by atoms with Gasteiger partial charge in [-0.25, -0.2) is 0 Å². The van der Waals surface area contributed by atoms with Gasteiger partial charge < -0.3 is 15.0 Å². The first kappa shape index (κ1) is 16.2. The van der Waals surface area contributed by atoms with Crippen LogP contribution in [0.25, 0.3) is 0 Å². The quantitative estimate of drug-likeness (QED) is 0.844. The number of hydrogen-bond acceptors (Lipinski definition) is 4. The van der Waals surface area contributed by atoms with Gasteiger partial charge >= 0.3 is 0 Å². The van der Waals surface area contributed by atoms with Crippen molar-refractivity contribution in [1.82, 2.24) is 15.1 Å². The molecule has 0 unspecified atom stereocenters. The number of carbonyl (C=O) groups is 1. The molecule has 0 radical (unpaired) electrons. The van der Waals surface area contributed by atoms with E-state index < -0.39 is 0 Å². The van der Waals surface area contributed by atoms with Crippen LogP contribution in [0.5, 0.6) is 0 Å².